The van der Waals surface area contributed by atoms with Gasteiger partial charge in [-0.15, -0.1) is 13.2 Å². The molecule has 0 radical (unpaired) electrons. The van der Waals surface area contributed by atoms with Crippen LogP contribution in [0.3, 0.4) is 0 Å². The van der Waals surface area contributed by atoms with E-state index in [9.17, 15) is 13.2 Å². The number of ether oxygens (including phenoxy) is 1. The first kappa shape index (κ1) is 14.4. The third-order valence-corrected chi connectivity index (χ3v) is 2.93. The second-order valence-electron chi connectivity index (χ2n) is 4.53. The van der Waals surface area contributed by atoms with Gasteiger partial charge >= 0.3 is 6.36 Å². The van der Waals surface area contributed by atoms with Crippen LogP contribution in [-0.2, 0) is 12.8 Å². The number of aryl methyl sites for hydroxylation is 2. The van der Waals surface area contributed by atoms with Crippen LogP contribution in [0.4, 0.5) is 13.2 Å². The number of alkyl halides is 3. The molecule has 0 fully saturated rings. The summed E-state index contributed by atoms with van der Waals surface area (Å²) < 4.78 is 39.9. The highest BCUT2D eigenvalue weighted by Gasteiger charge is 2.30. The van der Waals surface area contributed by atoms with E-state index >= 15 is 0 Å². The fourth-order valence-corrected chi connectivity index (χ4v) is 2.00. The second kappa shape index (κ2) is 6.46. The molecule has 0 saturated heterocycles. The first-order valence-corrected chi connectivity index (χ1v) is 6.41. The smallest absolute Gasteiger partial charge is 0.406 e. The molecule has 0 aliphatic heterocycles. The van der Waals surface area contributed by atoms with E-state index in [1.807, 2.05) is 18.2 Å². The Morgan fingerprint density at radius 2 is 1.30 bits per heavy atom. The van der Waals surface area contributed by atoms with Crippen LogP contribution < -0.4 is 4.74 Å². The van der Waals surface area contributed by atoms with E-state index in [4.69, 9.17) is 0 Å². The lowest BCUT2D eigenvalue weighted by atomic mass is 10.0. The van der Waals surface area contributed by atoms with Gasteiger partial charge in [0, 0.05) is 0 Å². The zero-order chi connectivity index (χ0) is 14.4. The van der Waals surface area contributed by atoms with Crippen LogP contribution in [0, 0.1) is 0 Å². The van der Waals surface area contributed by atoms with E-state index in [1.54, 1.807) is 12.1 Å². The maximum atomic E-state index is 12.0. The molecule has 20 heavy (non-hydrogen) atoms. The van der Waals surface area contributed by atoms with Crippen molar-refractivity contribution in [2.75, 3.05) is 0 Å². The van der Waals surface area contributed by atoms with E-state index < -0.39 is 6.36 Å². The molecule has 0 amide bonds. The molecule has 2 aromatic rings. The summed E-state index contributed by atoms with van der Waals surface area (Å²) in [5.74, 6) is -0.177. The fraction of sp³-hybridized carbons (Fsp3) is 0.250. The van der Waals surface area contributed by atoms with Crippen molar-refractivity contribution in [3.05, 3.63) is 65.7 Å². The van der Waals surface area contributed by atoms with Crippen molar-refractivity contribution in [1.82, 2.24) is 0 Å². The molecule has 2 rings (SSSR count). The van der Waals surface area contributed by atoms with Gasteiger partial charge in [0.15, 0.2) is 0 Å². The molecule has 2 aromatic carbocycles. The van der Waals surface area contributed by atoms with E-state index in [1.165, 1.54) is 17.7 Å². The van der Waals surface area contributed by atoms with E-state index in [0.717, 1.165) is 24.8 Å². The Balaban J connectivity index is 1.82. The topological polar surface area (TPSA) is 9.23 Å². The van der Waals surface area contributed by atoms with Crippen molar-refractivity contribution in [1.29, 1.82) is 0 Å². The number of hydrogen-bond acceptors (Lipinski definition) is 1. The molecule has 0 aliphatic carbocycles. The van der Waals surface area contributed by atoms with Gasteiger partial charge in [-0.05, 0) is 42.5 Å². The van der Waals surface area contributed by atoms with E-state index in [2.05, 4.69) is 16.9 Å². The molecule has 0 aliphatic rings. The summed E-state index contributed by atoms with van der Waals surface area (Å²) in [5, 5.41) is 0. The molecule has 4 heteroatoms. The van der Waals surface area contributed by atoms with Crippen molar-refractivity contribution < 1.29 is 17.9 Å². The third-order valence-electron chi connectivity index (χ3n) is 2.93. The van der Waals surface area contributed by atoms with Crippen LogP contribution in [0.1, 0.15) is 17.5 Å². The van der Waals surface area contributed by atoms with Crippen LogP contribution in [0.5, 0.6) is 5.75 Å². The number of halogens is 3. The molecule has 0 atom stereocenters. The van der Waals surface area contributed by atoms with Gasteiger partial charge in [-0.3, -0.25) is 0 Å². The predicted octanol–water partition coefficient (Wildman–Crippen LogP) is 4.76. The van der Waals surface area contributed by atoms with Gasteiger partial charge in [0.25, 0.3) is 0 Å². The van der Waals surface area contributed by atoms with Gasteiger partial charge in [-0.2, -0.15) is 0 Å². The Morgan fingerprint density at radius 3 is 1.85 bits per heavy atom. The highest BCUT2D eigenvalue weighted by atomic mass is 19.4. The van der Waals surface area contributed by atoms with Gasteiger partial charge in [-0.1, -0.05) is 42.5 Å². The molecule has 1 nitrogen and oxygen atoms in total. The van der Waals surface area contributed by atoms with Crippen LogP contribution in [-0.4, -0.2) is 6.36 Å². The summed E-state index contributed by atoms with van der Waals surface area (Å²) in [5.41, 5.74) is 2.28. The van der Waals surface area contributed by atoms with Crippen molar-refractivity contribution in [2.24, 2.45) is 0 Å². The molecular weight excluding hydrogens is 265 g/mol. The maximum Gasteiger partial charge on any atom is 0.573 e. The fourth-order valence-electron chi connectivity index (χ4n) is 2.00. The molecular formula is C16H15F3O. The number of rotatable bonds is 5. The minimum atomic E-state index is -4.63. The number of benzene rings is 2. The van der Waals surface area contributed by atoms with Gasteiger partial charge in [-0.25, -0.2) is 0 Å². The van der Waals surface area contributed by atoms with Gasteiger partial charge in [0.2, 0.25) is 0 Å². The van der Waals surface area contributed by atoms with Crippen LogP contribution in [0.2, 0.25) is 0 Å². The summed E-state index contributed by atoms with van der Waals surface area (Å²) in [6.07, 6.45) is -1.87. The average molecular weight is 280 g/mol. The van der Waals surface area contributed by atoms with Crippen LogP contribution in [0.25, 0.3) is 0 Å². The molecule has 0 saturated carbocycles. The average Bonchev–Trinajstić information content (AvgIpc) is 2.40. The molecule has 0 spiro atoms. The summed E-state index contributed by atoms with van der Waals surface area (Å²) in [6, 6.07) is 16.2. The quantitative estimate of drug-likeness (QED) is 0.767. The maximum absolute atomic E-state index is 12.0. The van der Waals surface area contributed by atoms with E-state index in [-0.39, 0.29) is 5.75 Å². The summed E-state index contributed by atoms with van der Waals surface area (Å²) >= 11 is 0. The standard InChI is InChI=1S/C16H15F3O/c17-16(18,19)20-15-11-9-14(10-12-15)8-4-7-13-5-2-1-3-6-13/h1-3,5-6,9-12H,4,7-8H2. The molecule has 106 valence electrons. The van der Waals surface area contributed by atoms with Crippen LogP contribution >= 0.6 is 0 Å². The Labute approximate surface area is 116 Å². The van der Waals surface area contributed by atoms with Crippen molar-refractivity contribution >= 4 is 0 Å². The van der Waals surface area contributed by atoms with Crippen LogP contribution in [0.15, 0.2) is 54.6 Å². The molecule has 0 unspecified atom stereocenters. The van der Waals surface area contributed by atoms with E-state index in [0.29, 0.717) is 0 Å². The summed E-state index contributed by atoms with van der Waals surface area (Å²) in [7, 11) is 0. The Morgan fingerprint density at radius 1 is 0.750 bits per heavy atom. The monoisotopic (exact) mass is 280 g/mol. The third kappa shape index (κ3) is 4.96. The highest BCUT2D eigenvalue weighted by molar-refractivity contribution is 5.27. The van der Waals surface area contributed by atoms with Gasteiger partial charge in [0.1, 0.15) is 5.75 Å². The van der Waals surface area contributed by atoms with Crippen molar-refractivity contribution in [3.8, 4) is 5.75 Å². The van der Waals surface area contributed by atoms with Crippen molar-refractivity contribution in [2.45, 2.75) is 25.6 Å². The zero-order valence-electron chi connectivity index (χ0n) is 10.9. The SMILES string of the molecule is FC(F)(F)Oc1ccc(CCCc2ccccc2)cc1. The molecule has 0 aromatic heterocycles. The lowest BCUT2D eigenvalue weighted by Gasteiger charge is -2.09. The Bertz CT molecular complexity index is 518. The van der Waals surface area contributed by atoms with Crippen molar-refractivity contribution in [3.63, 3.8) is 0 Å². The minimum Gasteiger partial charge on any atom is -0.406 e. The first-order chi connectivity index (χ1) is 9.53. The van der Waals surface area contributed by atoms with Gasteiger partial charge in [0.05, 0.1) is 0 Å². The lowest BCUT2D eigenvalue weighted by molar-refractivity contribution is -0.274. The molecule has 0 heterocycles. The molecule has 0 N–H and O–H groups in total. The Hall–Kier alpha value is -1.97. The largest absolute Gasteiger partial charge is 0.573 e. The lowest BCUT2D eigenvalue weighted by Crippen LogP contribution is -2.17. The Kier molecular flexibility index (Phi) is 4.66. The normalized spacial score (nSPS) is 11.3. The zero-order valence-corrected chi connectivity index (χ0v) is 10.9. The van der Waals surface area contributed by atoms with Gasteiger partial charge < -0.3 is 4.74 Å². The molecule has 0 bridgehead atoms. The second-order valence-corrected chi connectivity index (χ2v) is 4.53. The highest BCUT2D eigenvalue weighted by Crippen LogP contribution is 2.23. The number of hydrogen-bond donors (Lipinski definition) is 0. The summed E-state index contributed by atoms with van der Waals surface area (Å²) in [4.78, 5) is 0. The minimum absolute atomic E-state index is 0.177. The first-order valence-electron chi connectivity index (χ1n) is 6.41. The predicted molar refractivity (Wildman–Crippen MR) is 71.6 cm³/mol. The summed E-state index contributed by atoms with van der Waals surface area (Å²) in [6.45, 7) is 0.